The number of rotatable bonds is 6. The van der Waals surface area contributed by atoms with E-state index in [1.165, 1.54) is 30.7 Å². The Kier molecular flexibility index (Phi) is 5.34. The SMILES string of the molecule is CN1CCC(CNCCS(=O)(=O)c2ccc(C#N)cc2)C1. The molecule has 0 aromatic heterocycles. The predicted octanol–water partition coefficient (Wildman–Crippen LogP) is 0.873. The monoisotopic (exact) mass is 307 g/mol. The van der Waals surface area contributed by atoms with Crippen LogP contribution in [-0.4, -0.2) is 52.3 Å². The van der Waals surface area contributed by atoms with Crippen molar-refractivity contribution >= 4 is 9.84 Å². The van der Waals surface area contributed by atoms with Crippen LogP contribution in [-0.2, 0) is 9.84 Å². The summed E-state index contributed by atoms with van der Waals surface area (Å²) in [5.74, 6) is 0.703. The summed E-state index contributed by atoms with van der Waals surface area (Å²) >= 11 is 0. The van der Waals surface area contributed by atoms with E-state index in [9.17, 15) is 8.42 Å². The van der Waals surface area contributed by atoms with E-state index >= 15 is 0 Å². The third-order valence-electron chi connectivity index (χ3n) is 3.81. The van der Waals surface area contributed by atoms with Crippen LogP contribution >= 0.6 is 0 Å². The van der Waals surface area contributed by atoms with Crippen LogP contribution in [0.3, 0.4) is 0 Å². The molecule has 1 aromatic carbocycles. The van der Waals surface area contributed by atoms with E-state index in [2.05, 4.69) is 17.3 Å². The molecule has 1 fully saturated rings. The van der Waals surface area contributed by atoms with Gasteiger partial charge in [-0.3, -0.25) is 0 Å². The van der Waals surface area contributed by atoms with Crippen molar-refractivity contribution in [2.24, 2.45) is 5.92 Å². The zero-order valence-corrected chi connectivity index (χ0v) is 13.1. The van der Waals surface area contributed by atoms with Crippen LogP contribution in [0.2, 0.25) is 0 Å². The molecule has 5 nitrogen and oxygen atoms in total. The van der Waals surface area contributed by atoms with Gasteiger partial charge in [0.1, 0.15) is 0 Å². The maximum absolute atomic E-state index is 12.1. The number of hydrogen-bond acceptors (Lipinski definition) is 5. The Hall–Kier alpha value is -1.42. The topological polar surface area (TPSA) is 73.2 Å². The van der Waals surface area contributed by atoms with E-state index in [1.54, 1.807) is 0 Å². The smallest absolute Gasteiger partial charge is 0.179 e. The third kappa shape index (κ3) is 4.53. The van der Waals surface area contributed by atoms with Crippen molar-refractivity contribution in [1.82, 2.24) is 10.2 Å². The van der Waals surface area contributed by atoms with E-state index in [1.807, 2.05) is 6.07 Å². The maximum Gasteiger partial charge on any atom is 0.179 e. The number of sulfone groups is 1. The molecule has 1 heterocycles. The Morgan fingerprint density at radius 1 is 1.38 bits per heavy atom. The van der Waals surface area contributed by atoms with Crippen LogP contribution in [0.4, 0.5) is 0 Å². The van der Waals surface area contributed by atoms with E-state index in [-0.39, 0.29) is 10.6 Å². The zero-order valence-electron chi connectivity index (χ0n) is 12.2. The minimum absolute atomic E-state index is 0.0848. The van der Waals surface area contributed by atoms with Gasteiger partial charge in [0.05, 0.1) is 22.3 Å². The van der Waals surface area contributed by atoms with Crippen LogP contribution in [0.25, 0.3) is 0 Å². The highest BCUT2D eigenvalue weighted by atomic mass is 32.2. The average Bonchev–Trinajstić information content (AvgIpc) is 2.89. The first-order valence-corrected chi connectivity index (χ1v) is 8.78. The minimum Gasteiger partial charge on any atom is -0.315 e. The third-order valence-corrected chi connectivity index (χ3v) is 5.54. The highest BCUT2D eigenvalue weighted by Gasteiger charge is 2.19. The van der Waals surface area contributed by atoms with Crippen molar-refractivity contribution in [3.63, 3.8) is 0 Å². The van der Waals surface area contributed by atoms with Gasteiger partial charge < -0.3 is 10.2 Å². The molecule has 0 amide bonds. The summed E-state index contributed by atoms with van der Waals surface area (Å²) in [6.45, 7) is 3.53. The summed E-state index contributed by atoms with van der Waals surface area (Å²) in [6.07, 6.45) is 1.17. The second-order valence-electron chi connectivity index (χ2n) is 5.58. The molecule has 0 bridgehead atoms. The fraction of sp³-hybridized carbons (Fsp3) is 0.533. The van der Waals surface area contributed by atoms with Gasteiger partial charge in [-0.25, -0.2) is 8.42 Å². The maximum atomic E-state index is 12.1. The second-order valence-corrected chi connectivity index (χ2v) is 7.69. The van der Waals surface area contributed by atoms with Gasteiger partial charge in [-0.05, 0) is 56.7 Å². The molecule has 0 spiro atoms. The van der Waals surface area contributed by atoms with Crippen molar-refractivity contribution in [1.29, 1.82) is 5.26 Å². The number of nitriles is 1. The van der Waals surface area contributed by atoms with Crippen molar-refractivity contribution in [3.05, 3.63) is 29.8 Å². The molecular formula is C15H21N3O2S. The number of benzene rings is 1. The molecule has 1 unspecified atom stereocenters. The molecule has 6 heteroatoms. The van der Waals surface area contributed by atoms with E-state index in [4.69, 9.17) is 5.26 Å². The van der Waals surface area contributed by atoms with E-state index in [0.29, 0.717) is 18.0 Å². The Morgan fingerprint density at radius 2 is 2.10 bits per heavy atom. The Bertz CT molecular complexity index is 605. The van der Waals surface area contributed by atoms with Gasteiger partial charge in [-0.2, -0.15) is 5.26 Å². The summed E-state index contributed by atoms with van der Waals surface area (Å²) < 4.78 is 24.3. The summed E-state index contributed by atoms with van der Waals surface area (Å²) in [4.78, 5) is 2.57. The lowest BCUT2D eigenvalue weighted by molar-refractivity contribution is 0.389. The highest BCUT2D eigenvalue weighted by molar-refractivity contribution is 7.91. The van der Waals surface area contributed by atoms with Gasteiger partial charge in [0.25, 0.3) is 0 Å². The van der Waals surface area contributed by atoms with Gasteiger partial charge in [0, 0.05) is 13.1 Å². The molecule has 2 rings (SSSR count). The summed E-state index contributed by atoms with van der Waals surface area (Å²) in [5, 5.41) is 12.0. The lowest BCUT2D eigenvalue weighted by Gasteiger charge is -2.11. The molecule has 1 aromatic rings. The van der Waals surface area contributed by atoms with Crippen LogP contribution in [0, 0.1) is 17.2 Å². The fourth-order valence-corrected chi connectivity index (χ4v) is 3.76. The lowest BCUT2D eigenvalue weighted by Crippen LogP contribution is -2.29. The molecule has 1 N–H and O–H groups in total. The molecular weight excluding hydrogens is 286 g/mol. The Morgan fingerprint density at radius 3 is 2.67 bits per heavy atom. The van der Waals surface area contributed by atoms with Crippen LogP contribution < -0.4 is 5.32 Å². The number of nitrogens with zero attached hydrogens (tertiary/aromatic N) is 2. The zero-order chi connectivity index (χ0) is 15.3. The van der Waals surface area contributed by atoms with Gasteiger partial charge in [-0.15, -0.1) is 0 Å². The first-order valence-electron chi connectivity index (χ1n) is 7.13. The number of hydrogen-bond donors (Lipinski definition) is 1. The largest absolute Gasteiger partial charge is 0.315 e. The van der Waals surface area contributed by atoms with Gasteiger partial charge in [-0.1, -0.05) is 0 Å². The standard InChI is InChI=1S/C15H21N3O2S/c1-18-8-6-14(12-18)11-17-7-9-21(19,20)15-4-2-13(10-16)3-5-15/h2-5,14,17H,6-9,11-12H2,1H3. The normalized spacial score (nSPS) is 19.5. The summed E-state index contributed by atoms with van der Waals surface area (Å²) in [6, 6.07) is 8.05. The fourth-order valence-electron chi connectivity index (χ4n) is 2.56. The Labute approximate surface area is 126 Å². The van der Waals surface area contributed by atoms with Crippen molar-refractivity contribution < 1.29 is 8.42 Å². The molecule has 1 aliphatic rings. The summed E-state index contributed by atoms with van der Waals surface area (Å²) in [5.41, 5.74) is 0.470. The van der Waals surface area contributed by atoms with Crippen LogP contribution in [0.15, 0.2) is 29.2 Å². The Balaban J connectivity index is 1.79. The second kappa shape index (κ2) is 7.03. The number of nitrogens with one attached hydrogen (secondary N) is 1. The van der Waals surface area contributed by atoms with Gasteiger partial charge in [0.2, 0.25) is 0 Å². The van der Waals surface area contributed by atoms with Crippen molar-refractivity contribution in [2.75, 3.05) is 39.0 Å². The van der Waals surface area contributed by atoms with Gasteiger partial charge >= 0.3 is 0 Å². The highest BCUT2D eigenvalue weighted by Crippen LogP contribution is 2.13. The predicted molar refractivity (Wildman–Crippen MR) is 81.7 cm³/mol. The lowest BCUT2D eigenvalue weighted by atomic mass is 10.1. The molecule has 0 saturated carbocycles. The molecule has 0 radical (unpaired) electrons. The minimum atomic E-state index is -3.27. The van der Waals surface area contributed by atoms with Crippen molar-refractivity contribution in [3.8, 4) is 6.07 Å². The van der Waals surface area contributed by atoms with Gasteiger partial charge in [0.15, 0.2) is 9.84 Å². The quantitative estimate of drug-likeness (QED) is 0.790. The molecule has 1 saturated heterocycles. The molecule has 0 aliphatic carbocycles. The van der Waals surface area contributed by atoms with E-state index < -0.39 is 9.84 Å². The van der Waals surface area contributed by atoms with Crippen LogP contribution in [0.1, 0.15) is 12.0 Å². The number of likely N-dealkylation sites (tertiary alicyclic amines) is 1. The molecule has 114 valence electrons. The summed E-state index contributed by atoms with van der Waals surface area (Å²) in [7, 11) is -1.17. The molecule has 1 atom stereocenters. The molecule has 21 heavy (non-hydrogen) atoms. The van der Waals surface area contributed by atoms with Crippen molar-refractivity contribution in [2.45, 2.75) is 11.3 Å². The van der Waals surface area contributed by atoms with Crippen LogP contribution in [0.5, 0.6) is 0 Å². The average molecular weight is 307 g/mol. The van der Waals surface area contributed by atoms with E-state index in [0.717, 1.165) is 19.6 Å². The first kappa shape index (κ1) is 16.0. The molecule has 1 aliphatic heterocycles. The first-order chi connectivity index (χ1) is 10.0.